The number of aromatic nitrogens is 1. The van der Waals surface area contributed by atoms with Gasteiger partial charge in [-0.2, -0.15) is 0 Å². The Kier molecular flexibility index (Phi) is 3.58. The lowest BCUT2D eigenvalue weighted by atomic mass is 10.2. The predicted octanol–water partition coefficient (Wildman–Crippen LogP) is 3.12. The molecular weight excluding hydrogens is 244 g/mol. The molecule has 0 saturated heterocycles. The minimum Gasteiger partial charge on any atom is -0.439 e. The van der Waals surface area contributed by atoms with Crippen molar-refractivity contribution in [2.24, 2.45) is 5.73 Å². The monoisotopic (exact) mass is 258 g/mol. The van der Waals surface area contributed by atoms with E-state index in [1.165, 1.54) is 5.56 Å². The summed E-state index contributed by atoms with van der Waals surface area (Å²) >= 11 is 4.96. The maximum absolute atomic E-state index is 5.68. The van der Waals surface area contributed by atoms with Gasteiger partial charge >= 0.3 is 0 Å². The lowest BCUT2D eigenvalue weighted by molar-refractivity contribution is 0.461. The Labute approximate surface area is 112 Å². The number of aryl methyl sites for hydroxylation is 2. The van der Waals surface area contributed by atoms with E-state index in [0.717, 1.165) is 17.0 Å². The molecule has 2 rings (SSSR count). The van der Waals surface area contributed by atoms with E-state index in [1.54, 1.807) is 6.07 Å². The Morgan fingerprint density at radius 1 is 1.17 bits per heavy atom. The molecule has 1 aromatic heterocycles. The Bertz CT molecular complexity index is 579. The van der Waals surface area contributed by atoms with E-state index in [1.807, 2.05) is 44.2 Å². The summed E-state index contributed by atoms with van der Waals surface area (Å²) in [6, 6.07) is 11.4. The number of nitrogens with zero attached hydrogens (tertiary/aromatic N) is 1. The van der Waals surface area contributed by atoms with Gasteiger partial charge in [0.05, 0.1) is 0 Å². The molecule has 0 spiro atoms. The van der Waals surface area contributed by atoms with Crippen LogP contribution in [-0.2, 0) is 0 Å². The van der Waals surface area contributed by atoms with Crippen LogP contribution in [0, 0.1) is 13.8 Å². The minimum atomic E-state index is 0.342. The largest absolute Gasteiger partial charge is 0.439 e. The Morgan fingerprint density at radius 2 is 1.83 bits per heavy atom. The summed E-state index contributed by atoms with van der Waals surface area (Å²) in [7, 11) is 0. The molecule has 0 aliphatic carbocycles. The fourth-order valence-corrected chi connectivity index (χ4v) is 1.68. The maximum atomic E-state index is 5.68. The van der Waals surface area contributed by atoms with Crippen LogP contribution < -0.4 is 10.5 Å². The van der Waals surface area contributed by atoms with Gasteiger partial charge in [-0.05, 0) is 32.0 Å². The summed E-state index contributed by atoms with van der Waals surface area (Å²) < 4.78 is 5.68. The van der Waals surface area contributed by atoms with Crippen molar-refractivity contribution >= 4 is 17.2 Å². The second-order valence-corrected chi connectivity index (χ2v) is 4.55. The third-order valence-electron chi connectivity index (χ3n) is 2.46. The first-order valence-corrected chi connectivity index (χ1v) is 5.98. The number of pyridine rings is 1. The molecule has 1 aromatic carbocycles. The number of thiocarbonyl (C=S) groups is 1. The van der Waals surface area contributed by atoms with Crippen LogP contribution >= 0.6 is 12.2 Å². The summed E-state index contributed by atoms with van der Waals surface area (Å²) in [6.45, 7) is 3.91. The second kappa shape index (κ2) is 5.14. The summed E-state index contributed by atoms with van der Waals surface area (Å²) in [6.07, 6.45) is 0. The highest BCUT2D eigenvalue weighted by molar-refractivity contribution is 7.80. The maximum Gasteiger partial charge on any atom is 0.220 e. The van der Waals surface area contributed by atoms with E-state index in [4.69, 9.17) is 22.7 Å². The molecule has 0 atom stereocenters. The Morgan fingerprint density at radius 3 is 2.44 bits per heavy atom. The summed E-state index contributed by atoms with van der Waals surface area (Å²) in [5.74, 6) is 1.24. The number of hydrogen-bond acceptors (Lipinski definition) is 3. The van der Waals surface area contributed by atoms with Crippen LogP contribution in [0.4, 0.5) is 0 Å². The van der Waals surface area contributed by atoms with Crippen LogP contribution in [0.2, 0.25) is 0 Å². The molecule has 0 amide bonds. The molecule has 0 aliphatic heterocycles. The molecule has 0 bridgehead atoms. The second-order valence-electron chi connectivity index (χ2n) is 4.11. The van der Waals surface area contributed by atoms with Crippen molar-refractivity contribution in [3.8, 4) is 11.6 Å². The van der Waals surface area contributed by atoms with Crippen LogP contribution in [0.1, 0.15) is 16.8 Å². The van der Waals surface area contributed by atoms with Gasteiger partial charge in [0.25, 0.3) is 0 Å². The van der Waals surface area contributed by atoms with Crippen LogP contribution in [0.25, 0.3) is 0 Å². The standard InChI is InChI=1S/C14H14N2OS/c1-9-3-5-12(6-4-9)17-13-8-11(14(15)18)7-10(2)16-13/h3-8H,1-2H3,(H2,15,18). The molecule has 18 heavy (non-hydrogen) atoms. The smallest absolute Gasteiger partial charge is 0.220 e. The van der Waals surface area contributed by atoms with Gasteiger partial charge in [-0.15, -0.1) is 0 Å². The number of rotatable bonds is 3. The highest BCUT2D eigenvalue weighted by atomic mass is 32.1. The molecule has 2 aromatic rings. The first-order chi connectivity index (χ1) is 8.54. The molecule has 0 saturated carbocycles. The van der Waals surface area contributed by atoms with Crippen molar-refractivity contribution < 1.29 is 4.74 Å². The molecule has 1 heterocycles. The van der Waals surface area contributed by atoms with Crippen molar-refractivity contribution in [1.29, 1.82) is 0 Å². The molecule has 4 heteroatoms. The summed E-state index contributed by atoms with van der Waals surface area (Å²) in [5, 5.41) is 0. The summed E-state index contributed by atoms with van der Waals surface area (Å²) in [4.78, 5) is 4.64. The highest BCUT2D eigenvalue weighted by Crippen LogP contribution is 2.21. The molecular formula is C14H14N2OS. The van der Waals surface area contributed by atoms with Crippen molar-refractivity contribution in [3.05, 3.63) is 53.2 Å². The van der Waals surface area contributed by atoms with Gasteiger partial charge < -0.3 is 10.5 Å². The van der Waals surface area contributed by atoms with Crippen molar-refractivity contribution in [3.63, 3.8) is 0 Å². The molecule has 0 unspecified atom stereocenters. The normalized spacial score (nSPS) is 10.1. The van der Waals surface area contributed by atoms with E-state index in [9.17, 15) is 0 Å². The summed E-state index contributed by atoms with van der Waals surface area (Å²) in [5.41, 5.74) is 8.38. The Hall–Kier alpha value is -1.94. The van der Waals surface area contributed by atoms with Crippen LogP contribution in [0.15, 0.2) is 36.4 Å². The lowest BCUT2D eigenvalue weighted by Crippen LogP contribution is -2.10. The average Bonchev–Trinajstić information content (AvgIpc) is 2.31. The third-order valence-corrected chi connectivity index (χ3v) is 2.69. The number of benzene rings is 1. The van der Waals surface area contributed by atoms with Crippen molar-refractivity contribution in [2.45, 2.75) is 13.8 Å². The average molecular weight is 258 g/mol. The molecule has 3 nitrogen and oxygen atoms in total. The van der Waals surface area contributed by atoms with Gasteiger partial charge in [0.15, 0.2) is 0 Å². The van der Waals surface area contributed by atoms with Gasteiger partial charge in [-0.25, -0.2) is 4.98 Å². The molecule has 0 fully saturated rings. The third kappa shape index (κ3) is 3.05. The number of hydrogen-bond donors (Lipinski definition) is 1. The van der Waals surface area contributed by atoms with E-state index in [-0.39, 0.29) is 0 Å². The van der Waals surface area contributed by atoms with E-state index in [0.29, 0.717) is 10.9 Å². The predicted molar refractivity (Wildman–Crippen MR) is 76.1 cm³/mol. The number of nitrogens with two attached hydrogens (primary N) is 1. The van der Waals surface area contributed by atoms with Crippen LogP contribution in [-0.4, -0.2) is 9.97 Å². The van der Waals surface area contributed by atoms with Gasteiger partial charge in [-0.1, -0.05) is 29.9 Å². The molecule has 92 valence electrons. The minimum absolute atomic E-state index is 0.342. The van der Waals surface area contributed by atoms with E-state index < -0.39 is 0 Å². The van der Waals surface area contributed by atoms with Crippen LogP contribution in [0.3, 0.4) is 0 Å². The van der Waals surface area contributed by atoms with Crippen molar-refractivity contribution in [1.82, 2.24) is 4.98 Å². The molecule has 2 N–H and O–H groups in total. The zero-order valence-corrected chi connectivity index (χ0v) is 11.1. The first-order valence-electron chi connectivity index (χ1n) is 5.57. The van der Waals surface area contributed by atoms with Crippen LogP contribution in [0.5, 0.6) is 11.6 Å². The number of ether oxygens (including phenoxy) is 1. The fourth-order valence-electron chi connectivity index (χ4n) is 1.56. The van der Waals surface area contributed by atoms with Gasteiger partial charge in [0, 0.05) is 17.3 Å². The fraction of sp³-hybridized carbons (Fsp3) is 0.143. The first kappa shape index (κ1) is 12.5. The quantitative estimate of drug-likeness (QED) is 0.859. The topological polar surface area (TPSA) is 48.1 Å². The highest BCUT2D eigenvalue weighted by Gasteiger charge is 2.04. The Balaban J connectivity index is 2.28. The lowest BCUT2D eigenvalue weighted by Gasteiger charge is -2.08. The van der Waals surface area contributed by atoms with E-state index in [2.05, 4.69) is 4.98 Å². The SMILES string of the molecule is Cc1ccc(Oc2cc(C(N)=S)cc(C)n2)cc1. The van der Waals surface area contributed by atoms with Crippen molar-refractivity contribution in [2.75, 3.05) is 0 Å². The molecule has 0 aliphatic rings. The van der Waals surface area contributed by atoms with Gasteiger partial charge in [-0.3, -0.25) is 0 Å². The van der Waals surface area contributed by atoms with E-state index >= 15 is 0 Å². The zero-order valence-electron chi connectivity index (χ0n) is 10.3. The zero-order chi connectivity index (χ0) is 13.1. The van der Waals surface area contributed by atoms with Gasteiger partial charge in [0.1, 0.15) is 10.7 Å². The van der Waals surface area contributed by atoms with Gasteiger partial charge in [0.2, 0.25) is 5.88 Å². The molecule has 0 radical (unpaired) electrons.